The van der Waals surface area contributed by atoms with Crippen LogP contribution in [0, 0.1) is 5.92 Å². The number of methoxy groups -OCH3 is 1. The average Bonchev–Trinajstić information content (AvgIpc) is 2.37. The second-order valence-corrected chi connectivity index (χ2v) is 4.37. The molecule has 1 aromatic carbocycles. The number of ether oxygens (including phenoxy) is 2. The van der Waals surface area contributed by atoms with Gasteiger partial charge >= 0.3 is 0 Å². The second kappa shape index (κ2) is 6.86. The van der Waals surface area contributed by atoms with Crippen molar-refractivity contribution in [2.24, 2.45) is 11.8 Å². The highest BCUT2D eigenvalue weighted by molar-refractivity contribution is 5.94. The van der Waals surface area contributed by atoms with Crippen LogP contribution in [0.25, 0.3) is 0 Å². The zero-order chi connectivity index (χ0) is 13.5. The lowest BCUT2D eigenvalue weighted by atomic mass is 10.1. The van der Waals surface area contributed by atoms with E-state index in [2.05, 4.69) is 19.3 Å². The quantitative estimate of drug-likeness (QED) is 0.459. The molecular formula is C13H20N2O3. The fraction of sp³-hybridized carbons (Fsp3) is 0.462. The minimum absolute atomic E-state index is 0.359. The van der Waals surface area contributed by atoms with E-state index in [0.717, 1.165) is 6.42 Å². The molecule has 100 valence electrons. The molecule has 18 heavy (non-hydrogen) atoms. The Labute approximate surface area is 107 Å². The Balaban J connectivity index is 2.77. The molecule has 1 rings (SSSR count). The maximum atomic E-state index is 11.4. The number of benzene rings is 1. The number of carbonyl (C=O) groups is 1. The molecule has 1 amide bonds. The summed E-state index contributed by atoms with van der Waals surface area (Å²) >= 11 is 0. The van der Waals surface area contributed by atoms with E-state index in [-0.39, 0.29) is 5.91 Å². The van der Waals surface area contributed by atoms with Gasteiger partial charge < -0.3 is 9.47 Å². The van der Waals surface area contributed by atoms with Crippen LogP contribution < -0.4 is 20.7 Å². The topological polar surface area (TPSA) is 73.6 Å². The Morgan fingerprint density at radius 3 is 2.67 bits per heavy atom. The van der Waals surface area contributed by atoms with Crippen molar-refractivity contribution in [3.8, 4) is 11.5 Å². The first kappa shape index (κ1) is 14.3. The van der Waals surface area contributed by atoms with E-state index in [0.29, 0.717) is 29.6 Å². The number of nitrogens with one attached hydrogen (secondary N) is 1. The van der Waals surface area contributed by atoms with E-state index in [4.69, 9.17) is 15.3 Å². The lowest BCUT2D eigenvalue weighted by Gasteiger charge is -2.12. The highest BCUT2D eigenvalue weighted by atomic mass is 16.5. The molecule has 0 aromatic heterocycles. The van der Waals surface area contributed by atoms with Crippen LogP contribution in [0.4, 0.5) is 0 Å². The van der Waals surface area contributed by atoms with Crippen molar-refractivity contribution in [2.45, 2.75) is 20.3 Å². The Morgan fingerprint density at radius 1 is 1.39 bits per heavy atom. The lowest BCUT2D eigenvalue weighted by molar-refractivity contribution is 0.0953. The molecule has 0 spiro atoms. The van der Waals surface area contributed by atoms with Gasteiger partial charge in [0.2, 0.25) is 0 Å². The van der Waals surface area contributed by atoms with E-state index < -0.39 is 0 Å². The first-order valence-electron chi connectivity index (χ1n) is 5.90. The van der Waals surface area contributed by atoms with Crippen molar-refractivity contribution in [1.82, 2.24) is 5.43 Å². The van der Waals surface area contributed by atoms with Gasteiger partial charge in [-0.3, -0.25) is 10.2 Å². The van der Waals surface area contributed by atoms with Crippen molar-refractivity contribution in [2.75, 3.05) is 13.7 Å². The Morgan fingerprint density at radius 2 is 2.11 bits per heavy atom. The molecule has 0 aliphatic heterocycles. The van der Waals surface area contributed by atoms with Crippen molar-refractivity contribution in [1.29, 1.82) is 0 Å². The van der Waals surface area contributed by atoms with Gasteiger partial charge in [-0.2, -0.15) is 0 Å². The van der Waals surface area contributed by atoms with Crippen LogP contribution in [0.3, 0.4) is 0 Å². The van der Waals surface area contributed by atoms with Crippen molar-refractivity contribution in [3.63, 3.8) is 0 Å². The van der Waals surface area contributed by atoms with Crippen molar-refractivity contribution < 1.29 is 14.3 Å². The number of nitrogen functional groups attached to an aromatic ring is 1. The lowest BCUT2D eigenvalue weighted by Crippen LogP contribution is -2.29. The summed E-state index contributed by atoms with van der Waals surface area (Å²) in [5.74, 6) is 6.46. The summed E-state index contributed by atoms with van der Waals surface area (Å²) in [6.45, 7) is 4.89. The van der Waals surface area contributed by atoms with Crippen LogP contribution in [0.15, 0.2) is 18.2 Å². The smallest absolute Gasteiger partial charge is 0.265 e. The average molecular weight is 252 g/mol. The predicted molar refractivity (Wildman–Crippen MR) is 69.6 cm³/mol. The third-order valence-corrected chi connectivity index (χ3v) is 2.51. The molecule has 0 saturated heterocycles. The van der Waals surface area contributed by atoms with Gasteiger partial charge in [-0.05, 0) is 30.5 Å². The molecule has 0 unspecified atom stereocenters. The van der Waals surface area contributed by atoms with Gasteiger partial charge in [-0.1, -0.05) is 13.8 Å². The fourth-order valence-corrected chi connectivity index (χ4v) is 1.42. The molecule has 5 heteroatoms. The molecule has 0 heterocycles. The van der Waals surface area contributed by atoms with E-state index in [1.165, 1.54) is 7.11 Å². The third-order valence-electron chi connectivity index (χ3n) is 2.51. The first-order valence-corrected chi connectivity index (χ1v) is 5.90. The Bertz CT molecular complexity index is 405. The minimum atomic E-state index is -0.359. The maximum Gasteiger partial charge on any atom is 0.265 e. The molecule has 0 atom stereocenters. The number of hydrazine groups is 1. The zero-order valence-electron chi connectivity index (χ0n) is 11.0. The van der Waals surface area contributed by atoms with Gasteiger partial charge in [0.15, 0.2) is 11.5 Å². The number of carbonyl (C=O) groups excluding carboxylic acids is 1. The highest BCUT2D eigenvalue weighted by Gasteiger charge is 2.10. The molecular weight excluding hydrogens is 232 g/mol. The largest absolute Gasteiger partial charge is 0.493 e. The van der Waals surface area contributed by atoms with Crippen molar-refractivity contribution >= 4 is 5.91 Å². The first-order chi connectivity index (χ1) is 8.58. The molecule has 0 bridgehead atoms. The zero-order valence-corrected chi connectivity index (χ0v) is 11.0. The number of hydrogen-bond donors (Lipinski definition) is 2. The third kappa shape index (κ3) is 3.92. The Kier molecular flexibility index (Phi) is 5.45. The molecule has 0 aliphatic carbocycles. The number of amides is 1. The summed E-state index contributed by atoms with van der Waals surface area (Å²) in [4.78, 5) is 11.4. The summed E-state index contributed by atoms with van der Waals surface area (Å²) in [5, 5.41) is 0. The number of rotatable bonds is 6. The van der Waals surface area contributed by atoms with Crippen LogP contribution in [0.1, 0.15) is 30.6 Å². The van der Waals surface area contributed by atoms with Gasteiger partial charge in [0.25, 0.3) is 5.91 Å². The molecule has 3 N–H and O–H groups in total. The van der Waals surface area contributed by atoms with Crippen LogP contribution in [-0.2, 0) is 0 Å². The Hall–Kier alpha value is -1.75. The standard InChI is InChI=1S/C13H20N2O3/c1-9(2)6-7-18-11-5-4-10(13(16)15-14)8-12(11)17-3/h4-5,8-9H,6-7,14H2,1-3H3,(H,15,16). The van der Waals surface area contributed by atoms with E-state index in [1.807, 2.05) is 0 Å². The van der Waals surface area contributed by atoms with E-state index in [9.17, 15) is 4.79 Å². The molecule has 0 saturated carbocycles. The monoisotopic (exact) mass is 252 g/mol. The molecule has 0 aliphatic rings. The minimum Gasteiger partial charge on any atom is -0.493 e. The van der Waals surface area contributed by atoms with Crippen LogP contribution in [-0.4, -0.2) is 19.6 Å². The normalized spacial score (nSPS) is 10.3. The van der Waals surface area contributed by atoms with Crippen molar-refractivity contribution in [3.05, 3.63) is 23.8 Å². The van der Waals surface area contributed by atoms with E-state index >= 15 is 0 Å². The van der Waals surface area contributed by atoms with Crippen LogP contribution in [0.2, 0.25) is 0 Å². The van der Waals surface area contributed by atoms with Gasteiger partial charge in [-0.15, -0.1) is 0 Å². The summed E-state index contributed by atoms with van der Waals surface area (Å²) in [7, 11) is 1.54. The van der Waals surface area contributed by atoms with Gasteiger partial charge in [0.1, 0.15) is 0 Å². The van der Waals surface area contributed by atoms with Crippen LogP contribution >= 0.6 is 0 Å². The summed E-state index contributed by atoms with van der Waals surface area (Å²) in [5.41, 5.74) is 2.51. The fourth-order valence-electron chi connectivity index (χ4n) is 1.42. The predicted octanol–water partition coefficient (Wildman–Crippen LogP) is 1.72. The highest BCUT2D eigenvalue weighted by Crippen LogP contribution is 2.28. The summed E-state index contributed by atoms with van der Waals surface area (Å²) < 4.78 is 10.8. The second-order valence-electron chi connectivity index (χ2n) is 4.37. The number of hydrogen-bond acceptors (Lipinski definition) is 4. The summed E-state index contributed by atoms with van der Waals surface area (Å²) in [6.07, 6.45) is 0.966. The SMILES string of the molecule is COc1cc(C(=O)NN)ccc1OCCC(C)C. The van der Waals surface area contributed by atoms with Crippen LogP contribution in [0.5, 0.6) is 11.5 Å². The van der Waals surface area contributed by atoms with E-state index in [1.54, 1.807) is 18.2 Å². The maximum absolute atomic E-state index is 11.4. The number of nitrogens with two attached hydrogens (primary N) is 1. The molecule has 0 radical (unpaired) electrons. The molecule has 5 nitrogen and oxygen atoms in total. The summed E-state index contributed by atoms with van der Waals surface area (Å²) in [6, 6.07) is 4.96. The molecule has 0 fully saturated rings. The van der Waals surface area contributed by atoms with Gasteiger partial charge in [0, 0.05) is 5.56 Å². The molecule has 1 aromatic rings. The van der Waals surface area contributed by atoms with Gasteiger partial charge in [-0.25, -0.2) is 5.84 Å². The van der Waals surface area contributed by atoms with Gasteiger partial charge in [0.05, 0.1) is 13.7 Å².